The molecule has 66 valence electrons. The van der Waals surface area contributed by atoms with Crippen LogP contribution in [0.15, 0.2) is 23.0 Å². The number of allylic oxidation sites excluding steroid dienone is 3. The molecule has 0 aromatic rings. The first-order valence-electron chi connectivity index (χ1n) is 4.17. The molecule has 0 heterocycles. The highest BCUT2D eigenvalue weighted by atomic mass is 16.2. The minimum absolute atomic E-state index is 0.0856. The quantitative estimate of drug-likeness (QED) is 0.341. The monoisotopic (exact) mass is 166 g/mol. The van der Waals surface area contributed by atoms with Gasteiger partial charge in [-0.15, -0.1) is 0 Å². The zero-order valence-corrected chi connectivity index (χ0v) is 7.55. The molecule has 12 heavy (non-hydrogen) atoms. The van der Waals surface area contributed by atoms with Crippen molar-refractivity contribution < 1.29 is 9.90 Å². The van der Waals surface area contributed by atoms with Crippen molar-refractivity contribution in [1.82, 2.24) is 0 Å². The molecular formula is C10H14O2. The summed E-state index contributed by atoms with van der Waals surface area (Å²) in [5, 5.41) is 8.76. The molecule has 0 bridgehead atoms. The Kier molecular flexibility index (Phi) is 2.69. The van der Waals surface area contributed by atoms with Crippen LogP contribution in [0, 0.1) is 0 Å². The summed E-state index contributed by atoms with van der Waals surface area (Å²) in [6, 6.07) is 0. The third-order valence-electron chi connectivity index (χ3n) is 2.28. The molecule has 0 aromatic heterocycles. The Hall–Kier alpha value is -1.05. The number of carbonyl (C=O) groups is 1. The lowest BCUT2D eigenvalue weighted by Gasteiger charge is -2.16. The van der Waals surface area contributed by atoms with E-state index in [-0.39, 0.29) is 5.78 Å². The largest absolute Gasteiger partial charge is 0.515 e. The van der Waals surface area contributed by atoms with Crippen molar-refractivity contribution in [2.75, 3.05) is 0 Å². The lowest BCUT2D eigenvalue weighted by Crippen LogP contribution is -2.11. The van der Waals surface area contributed by atoms with Crippen molar-refractivity contribution in [3.63, 3.8) is 0 Å². The fourth-order valence-corrected chi connectivity index (χ4v) is 1.39. The molecule has 0 spiro atoms. The van der Waals surface area contributed by atoms with Crippen molar-refractivity contribution in [3.05, 3.63) is 23.0 Å². The third-order valence-corrected chi connectivity index (χ3v) is 2.28. The van der Waals surface area contributed by atoms with Gasteiger partial charge in [0, 0.05) is 18.4 Å². The van der Waals surface area contributed by atoms with Crippen LogP contribution in [0.25, 0.3) is 0 Å². The number of aliphatic hydroxyl groups is 1. The lowest BCUT2D eigenvalue weighted by atomic mass is 9.88. The van der Waals surface area contributed by atoms with Gasteiger partial charge in [-0.3, -0.25) is 4.79 Å². The number of carbonyl (C=O) groups excluding carboxylic acids is 1. The van der Waals surface area contributed by atoms with Gasteiger partial charge in [-0.1, -0.05) is 11.1 Å². The maximum Gasteiger partial charge on any atom is 0.162 e. The number of hydrogen-bond donors (Lipinski definition) is 1. The van der Waals surface area contributed by atoms with Gasteiger partial charge in [-0.25, -0.2) is 0 Å². The molecule has 1 aliphatic carbocycles. The molecule has 0 atom stereocenters. The molecule has 0 aliphatic heterocycles. The van der Waals surface area contributed by atoms with E-state index in [1.165, 1.54) is 11.1 Å². The van der Waals surface area contributed by atoms with Gasteiger partial charge in [-0.05, 0) is 20.3 Å². The Morgan fingerprint density at radius 3 is 2.58 bits per heavy atom. The Labute approximate surface area is 72.6 Å². The second kappa shape index (κ2) is 3.57. The van der Waals surface area contributed by atoms with E-state index < -0.39 is 0 Å². The normalized spacial score (nSPS) is 21.7. The van der Waals surface area contributed by atoms with Crippen LogP contribution in [0.2, 0.25) is 0 Å². The van der Waals surface area contributed by atoms with Crippen LogP contribution in [-0.2, 0) is 4.79 Å². The summed E-state index contributed by atoms with van der Waals surface area (Å²) >= 11 is 0. The van der Waals surface area contributed by atoms with E-state index in [9.17, 15) is 4.79 Å². The summed E-state index contributed by atoms with van der Waals surface area (Å²) < 4.78 is 0. The molecule has 1 saturated carbocycles. The van der Waals surface area contributed by atoms with Gasteiger partial charge in [0.25, 0.3) is 0 Å². The van der Waals surface area contributed by atoms with Crippen LogP contribution < -0.4 is 0 Å². The number of hydrogen-bond acceptors (Lipinski definition) is 2. The van der Waals surface area contributed by atoms with E-state index in [4.69, 9.17) is 5.11 Å². The van der Waals surface area contributed by atoms with Gasteiger partial charge in [0.05, 0.1) is 6.26 Å². The summed E-state index contributed by atoms with van der Waals surface area (Å²) in [7, 11) is 0. The molecule has 1 fully saturated rings. The second-order valence-electron chi connectivity index (χ2n) is 3.36. The van der Waals surface area contributed by atoms with Gasteiger partial charge in [0.1, 0.15) is 0 Å². The third kappa shape index (κ3) is 1.76. The molecule has 2 heteroatoms. The van der Waals surface area contributed by atoms with Gasteiger partial charge >= 0.3 is 0 Å². The number of ketones is 1. The van der Waals surface area contributed by atoms with E-state index in [0.29, 0.717) is 18.4 Å². The Morgan fingerprint density at radius 2 is 2.08 bits per heavy atom. The van der Waals surface area contributed by atoms with Crippen molar-refractivity contribution in [2.45, 2.75) is 33.1 Å². The molecular weight excluding hydrogens is 152 g/mol. The SMILES string of the molecule is CC(C)=C1CCC(=O)C(=CO)C1. The first-order valence-corrected chi connectivity index (χ1v) is 4.17. The first kappa shape index (κ1) is 9.04. The van der Waals surface area contributed by atoms with E-state index in [2.05, 4.69) is 0 Å². The fourth-order valence-electron chi connectivity index (χ4n) is 1.39. The highest BCUT2D eigenvalue weighted by Crippen LogP contribution is 2.26. The maximum absolute atomic E-state index is 11.1. The molecule has 1 aliphatic rings. The minimum Gasteiger partial charge on any atom is -0.515 e. The zero-order chi connectivity index (χ0) is 9.14. The molecule has 0 unspecified atom stereocenters. The predicted molar refractivity (Wildman–Crippen MR) is 47.9 cm³/mol. The summed E-state index contributed by atoms with van der Waals surface area (Å²) in [5.41, 5.74) is 3.11. The van der Waals surface area contributed by atoms with E-state index in [1.807, 2.05) is 13.8 Å². The molecule has 0 saturated heterocycles. The van der Waals surface area contributed by atoms with Crippen LogP contribution in [-0.4, -0.2) is 10.9 Å². The van der Waals surface area contributed by atoms with E-state index in [1.54, 1.807) is 0 Å². The van der Waals surface area contributed by atoms with Crippen LogP contribution in [0.3, 0.4) is 0 Å². The Bertz CT molecular complexity index is 255. The number of aliphatic hydroxyl groups excluding tert-OH is 1. The van der Waals surface area contributed by atoms with Crippen LogP contribution in [0.1, 0.15) is 33.1 Å². The van der Waals surface area contributed by atoms with Crippen molar-refractivity contribution >= 4 is 5.78 Å². The van der Waals surface area contributed by atoms with Crippen molar-refractivity contribution in [1.29, 1.82) is 0 Å². The molecule has 0 radical (unpaired) electrons. The van der Waals surface area contributed by atoms with Crippen molar-refractivity contribution in [3.8, 4) is 0 Å². The molecule has 1 N–H and O–H groups in total. The van der Waals surface area contributed by atoms with Crippen LogP contribution >= 0.6 is 0 Å². The zero-order valence-electron chi connectivity index (χ0n) is 7.55. The fraction of sp³-hybridized carbons (Fsp3) is 0.500. The van der Waals surface area contributed by atoms with E-state index >= 15 is 0 Å². The van der Waals surface area contributed by atoms with Gasteiger partial charge in [0.2, 0.25) is 0 Å². The molecule has 0 amide bonds. The van der Waals surface area contributed by atoms with Crippen molar-refractivity contribution in [2.24, 2.45) is 0 Å². The topological polar surface area (TPSA) is 37.3 Å². The molecule has 1 rings (SSSR count). The number of rotatable bonds is 0. The van der Waals surface area contributed by atoms with Crippen LogP contribution in [0.5, 0.6) is 0 Å². The summed E-state index contributed by atoms with van der Waals surface area (Å²) in [4.78, 5) is 11.1. The standard InChI is InChI=1S/C10H14O2/c1-7(2)8-3-4-10(12)9(5-8)6-11/h6,11H,3-5H2,1-2H3. The molecule has 0 aromatic carbocycles. The predicted octanol–water partition coefficient (Wildman–Crippen LogP) is 2.52. The highest BCUT2D eigenvalue weighted by Gasteiger charge is 2.18. The average Bonchev–Trinajstić information content (AvgIpc) is 2.05. The number of Topliss-reactive ketones (excluding diaryl/α,β-unsaturated/α-hetero) is 1. The highest BCUT2D eigenvalue weighted by molar-refractivity contribution is 5.96. The maximum atomic E-state index is 11.1. The summed E-state index contributed by atoms with van der Waals surface area (Å²) in [6.45, 7) is 4.08. The summed E-state index contributed by atoms with van der Waals surface area (Å²) in [5.74, 6) is 0.0856. The van der Waals surface area contributed by atoms with Crippen LogP contribution in [0.4, 0.5) is 0 Å². The van der Waals surface area contributed by atoms with Gasteiger partial charge < -0.3 is 5.11 Å². The smallest absolute Gasteiger partial charge is 0.162 e. The first-order chi connectivity index (χ1) is 5.65. The lowest BCUT2D eigenvalue weighted by molar-refractivity contribution is -0.116. The van der Waals surface area contributed by atoms with E-state index in [0.717, 1.165) is 12.7 Å². The Morgan fingerprint density at radius 1 is 1.42 bits per heavy atom. The molecule has 2 nitrogen and oxygen atoms in total. The summed E-state index contributed by atoms with van der Waals surface area (Å²) in [6.07, 6.45) is 2.99. The Balaban J connectivity index is 2.83. The average molecular weight is 166 g/mol. The van der Waals surface area contributed by atoms with Gasteiger partial charge in [0.15, 0.2) is 5.78 Å². The van der Waals surface area contributed by atoms with Gasteiger partial charge in [-0.2, -0.15) is 0 Å². The second-order valence-corrected chi connectivity index (χ2v) is 3.36. The minimum atomic E-state index is 0.0856.